The molecule has 1 aliphatic carbocycles. The molecule has 1 heterocycles. The fourth-order valence-electron chi connectivity index (χ4n) is 2.39. The molecule has 0 spiro atoms. The predicted octanol–water partition coefficient (Wildman–Crippen LogP) is 2.44. The quantitative estimate of drug-likeness (QED) is 0.853. The molecule has 1 fully saturated rings. The molecule has 1 saturated carbocycles. The van der Waals surface area contributed by atoms with Crippen LogP contribution >= 0.6 is 12.2 Å². The molecular formula is C15H18N4OS. The Balaban J connectivity index is 1.83. The van der Waals surface area contributed by atoms with Gasteiger partial charge in [0.25, 0.3) is 0 Å². The van der Waals surface area contributed by atoms with Crippen molar-refractivity contribution in [2.45, 2.75) is 32.9 Å². The van der Waals surface area contributed by atoms with Crippen LogP contribution < -0.4 is 5.32 Å². The minimum atomic E-state index is -0.0178. The molecule has 110 valence electrons. The summed E-state index contributed by atoms with van der Waals surface area (Å²) < 4.78 is 2.21. The minimum absolute atomic E-state index is 0.0178. The molecule has 0 bridgehead atoms. The lowest BCUT2D eigenvalue weighted by Gasteiger charge is -2.08. The Hall–Kier alpha value is -1.95. The number of amides is 1. The van der Waals surface area contributed by atoms with E-state index in [1.54, 1.807) is 4.57 Å². The van der Waals surface area contributed by atoms with Crippen molar-refractivity contribution >= 4 is 18.1 Å². The summed E-state index contributed by atoms with van der Waals surface area (Å²) in [6, 6.07) is 8.31. The lowest BCUT2D eigenvalue weighted by Crippen LogP contribution is -2.30. The van der Waals surface area contributed by atoms with Gasteiger partial charge in [0.1, 0.15) is 6.54 Å². The highest BCUT2D eigenvalue weighted by Gasteiger charge is 2.33. The van der Waals surface area contributed by atoms with Gasteiger partial charge in [-0.3, -0.25) is 14.5 Å². The smallest absolute Gasteiger partial charge is 0.240 e. The van der Waals surface area contributed by atoms with Gasteiger partial charge in [-0.2, -0.15) is 5.10 Å². The maximum atomic E-state index is 12.1. The second-order valence-corrected chi connectivity index (χ2v) is 6.08. The van der Waals surface area contributed by atoms with E-state index in [4.69, 9.17) is 12.2 Å². The van der Waals surface area contributed by atoms with Crippen LogP contribution in [0.4, 0.5) is 0 Å². The Labute approximate surface area is 128 Å². The van der Waals surface area contributed by atoms with E-state index < -0.39 is 0 Å². The maximum Gasteiger partial charge on any atom is 0.240 e. The third-order valence-electron chi connectivity index (χ3n) is 3.79. The molecule has 0 aliphatic heterocycles. The molecule has 1 aliphatic rings. The summed E-state index contributed by atoms with van der Waals surface area (Å²) in [6.45, 7) is 4.35. The van der Waals surface area contributed by atoms with Gasteiger partial charge in [0, 0.05) is 11.6 Å². The van der Waals surface area contributed by atoms with Crippen LogP contribution in [-0.2, 0) is 11.3 Å². The fraction of sp³-hybridized carbons (Fsp3) is 0.400. The second kappa shape index (κ2) is 5.44. The lowest BCUT2D eigenvalue weighted by molar-refractivity contribution is -0.121. The van der Waals surface area contributed by atoms with Crippen molar-refractivity contribution in [2.75, 3.05) is 0 Å². The molecule has 1 aromatic carbocycles. The van der Waals surface area contributed by atoms with Crippen molar-refractivity contribution in [3.05, 3.63) is 34.6 Å². The molecule has 2 atom stereocenters. The summed E-state index contributed by atoms with van der Waals surface area (Å²) in [5, 5.41) is 10.0. The average Bonchev–Trinajstić information content (AvgIpc) is 2.99. The molecule has 2 N–H and O–H groups in total. The van der Waals surface area contributed by atoms with E-state index in [9.17, 15) is 4.79 Å². The number of aryl methyl sites for hydroxylation is 1. The van der Waals surface area contributed by atoms with Gasteiger partial charge in [-0.25, -0.2) is 0 Å². The van der Waals surface area contributed by atoms with Gasteiger partial charge in [-0.1, -0.05) is 30.7 Å². The number of nitrogens with one attached hydrogen (secondary N) is 2. The molecule has 1 amide bonds. The Morgan fingerprint density at radius 1 is 1.57 bits per heavy atom. The number of rotatable bonds is 4. The van der Waals surface area contributed by atoms with Crippen molar-refractivity contribution in [1.29, 1.82) is 0 Å². The molecule has 1 aromatic heterocycles. The van der Waals surface area contributed by atoms with Crippen LogP contribution in [0.5, 0.6) is 0 Å². The molecule has 5 nitrogen and oxygen atoms in total. The van der Waals surface area contributed by atoms with Gasteiger partial charge in [0.2, 0.25) is 5.91 Å². The van der Waals surface area contributed by atoms with Gasteiger partial charge >= 0.3 is 0 Å². The molecular weight excluding hydrogens is 284 g/mol. The highest BCUT2D eigenvalue weighted by molar-refractivity contribution is 7.71. The van der Waals surface area contributed by atoms with E-state index >= 15 is 0 Å². The zero-order chi connectivity index (χ0) is 15.0. The van der Waals surface area contributed by atoms with E-state index in [2.05, 4.69) is 22.4 Å². The van der Waals surface area contributed by atoms with Crippen LogP contribution in [0.2, 0.25) is 0 Å². The number of nitrogens with zero attached hydrogens (tertiary/aromatic N) is 2. The summed E-state index contributed by atoms with van der Waals surface area (Å²) >= 11 is 5.24. The summed E-state index contributed by atoms with van der Waals surface area (Å²) in [7, 11) is 0. The number of H-pyrrole nitrogens is 1. The number of carbonyl (C=O) groups is 1. The second-order valence-electron chi connectivity index (χ2n) is 5.69. The zero-order valence-corrected chi connectivity index (χ0v) is 12.9. The number of hydrogen-bond donors (Lipinski definition) is 2. The van der Waals surface area contributed by atoms with E-state index in [-0.39, 0.29) is 12.5 Å². The largest absolute Gasteiger partial charge is 0.352 e. The third kappa shape index (κ3) is 3.05. The van der Waals surface area contributed by atoms with Crippen molar-refractivity contribution in [3.63, 3.8) is 0 Å². The number of aromatic nitrogens is 3. The Bertz CT molecular complexity index is 733. The zero-order valence-electron chi connectivity index (χ0n) is 12.1. The van der Waals surface area contributed by atoms with Crippen LogP contribution in [0.3, 0.4) is 0 Å². The van der Waals surface area contributed by atoms with E-state index in [1.165, 1.54) is 0 Å². The number of hydrogen-bond acceptors (Lipinski definition) is 3. The third-order valence-corrected chi connectivity index (χ3v) is 4.10. The summed E-state index contributed by atoms with van der Waals surface area (Å²) in [4.78, 5) is 12.1. The van der Waals surface area contributed by atoms with Crippen LogP contribution in [-0.4, -0.2) is 26.7 Å². The lowest BCUT2D eigenvalue weighted by atomic mass is 10.1. The van der Waals surface area contributed by atoms with Gasteiger partial charge < -0.3 is 5.32 Å². The minimum Gasteiger partial charge on any atom is -0.352 e. The molecule has 0 radical (unpaired) electrons. The number of benzene rings is 1. The predicted molar refractivity (Wildman–Crippen MR) is 83.3 cm³/mol. The topological polar surface area (TPSA) is 62.7 Å². The molecule has 6 heteroatoms. The van der Waals surface area contributed by atoms with Crippen molar-refractivity contribution in [2.24, 2.45) is 5.92 Å². The Morgan fingerprint density at radius 3 is 3.00 bits per heavy atom. The van der Waals surface area contributed by atoms with Gasteiger partial charge in [-0.15, -0.1) is 0 Å². The first kappa shape index (κ1) is 14.0. The van der Waals surface area contributed by atoms with Crippen LogP contribution in [0.25, 0.3) is 11.4 Å². The Morgan fingerprint density at radius 2 is 2.33 bits per heavy atom. The molecule has 0 saturated heterocycles. The SMILES string of the molecule is Cc1cccc(-c2n[nH]c(=S)n2CC(=O)NC2CC2C)c1. The first-order valence-corrected chi connectivity index (χ1v) is 7.47. The normalized spacial score (nSPS) is 20.3. The number of aromatic amines is 1. The highest BCUT2D eigenvalue weighted by atomic mass is 32.1. The van der Waals surface area contributed by atoms with Gasteiger partial charge in [0.15, 0.2) is 10.6 Å². The molecule has 2 unspecified atom stereocenters. The molecule has 21 heavy (non-hydrogen) atoms. The van der Waals surface area contributed by atoms with Crippen molar-refractivity contribution in [3.8, 4) is 11.4 Å². The Kier molecular flexibility index (Phi) is 3.63. The standard InChI is InChI=1S/C15H18N4OS/c1-9-4-3-5-11(6-9)14-17-18-15(21)19(14)8-13(20)16-12-7-10(12)2/h3-6,10,12H,7-8H2,1-2H3,(H,16,20)(H,18,21). The van der Waals surface area contributed by atoms with Crippen LogP contribution in [0.15, 0.2) is 24.3 Å². The highest BCUT2D eigenvalue weighted by Crippen LogP contribution is 2.29. The van der Waals surface area contributed by atoms with E-state index in [0.29, 0.717) is 22.6 Å². The number of carbonyl (C=O) groups excluding carboxylic acids is 1. The maximum absolute atomic E-state index is 12.1. The summed E-state index contributed by atoms with van der Waals surface area (Å²) in [6.07, 6.45) is 1.06. The van der Waals surface area contributed by atoms with Crippen LogP contribution in [0, 0.1) is 17.6 Å². The van der Waals surface area contributed by atoms with E-state index in [1.807, 2.05) is 31.2 Å². The van der Waals surface area contributed by atoms with Gasteiger partial charge in [-0.05, 0) is 37.5 Å². The van der Waals surface area contributed by atoms with Crippen molar-refractivity contribution in [1.82, 2.24) is 20.1 Å². The monoisotopic (exact) mass is 302 g/mol. The average molecular weight is 302 g/mol. The van der Waals surface area contributed by atoms with E-state index in [0.717, 1.165) is 17.5 Å². The fourth-order valence-corrected chi connectivity index (χ4v) is 2.58. The van der Waals surface area contributed by atoms with Crippen molar-refractivity contribution < 1.29 is 4.79 Å². The van der Waals surface area contributed by atoms with Crippen LogP contribution in [0.1, 0.15) is 18.9 Å². The first-order chi connectivity index (χ1) is 10.0. The summed E-state index contributed by atoms with van der Waals surface area (Å²) in [5.74, 6) is 1.26. The molecule has 3 rings (SSSR count). The first-order valence-electron chi connectivity index (χ1n) is 7.06. The van der Waals surface area contributed by atoms with Gasteiger partial charge in [0.05, 0.1) is 0 Å². The summed E-state index contributed by atoms with van der Waals surface area (Å²) in [5.41, 5.74) is 2.10. The molecule has 2 aromatic rings.